The van der Waals surface area contributed by atoms with Crippen molar-refractivity contribution in [2.75, 3.05) is 37.6 Å². The minimum atomic E-state index is -0.0541. The largest absolute Gasteiger partial charge is 0.356 e. The average Bonchev–Trinajstić information content (AvgIpc) is 3.25. The van der Waals surface area contributed by atoms with Gasteiger partial charge in [-0.1, -0.05) is 23.9 Å². The summed E-state index contributed by atoms with van der Waals surface area (Å²) in [5.41, 5.74) is 1.50. The number of nitrogens with zero attached hydrogens (tertiary/aromatic N) is 3. The fraction of sp³-hybridized carbons (Fsp3) is 0.435. The molecule has 30 heavy (non-hydrogen) atoms. The highest BCUT2D eigenvalue weighted by atomic mass is 32.2. The highest BCUT2D eigenvalue weighted by Crippen LogP contribution is 2.40. The van der Waals surface area contributed by atoms with Crippen LogP contribution in [0.1, 0.15) is 42.5 Å². The molecule has 3 heterocycles. The van der Waals surface area contributed by atoms with Crippen LogP contribution in [-0.2, 0) is 4.79 Å². The first-order valence-corrected chi connectivity index (χ1v) is 11.6. The van der Waals surface area contributed by atoms with Gasteiger partial charge in [-0.2, -0.15) is 0 Å². The quantitative estimate of drug-likeness (QED) is 0.656. The SMILES string of the molecule is O=C(CCCN1C(=O)c2cccnc2Sc2ccccc21)NCCCN1CCCC1. The van der Waals surface area contributed by atoms with Gasteiger partial charge in [-0.05, 0) is 69.6 Å². The zero-order valence-electron chi connectivity index (χ0n) is 17.2. The highest BCUT2D eigenvalue weighted by Gasteiger charge is 2.27. The molecule has 1 saturated heterocycles. The van der Waals surface area contributed by atoms with Gasteiger partial charge >= 0.3 is 0 Å². The van der Waals surface area contributed by atoms with Crippen LogP contribution in [0.25, 0.3) is 0 Å². The summed E-state index contributed by atoms with van der Waals surface area (Å²) >= 11 is 1.52. The summed E-state index contributed by atoms with van der Waals surface area (Å²) in [6.45, 7) is 4.67. The molecule has 2 amide bonds. The Kier molecular flexibility index (Phi) is 7.02. The van der Waals surface area contributed by atoms with Gasteiger partial charge in [0.05, 0.1) is 11.3 Å². The molecule has 0 bridgehead atoms. The maximum absolute atomic E-state index is 13.2. The van der Waals surface area contributed by atoms with E-state index in [2.05, 4.69) is 15.2 Å². The number of carbonyl (C=O) groups excluding carboxylic acids is 2. The third-order valence-electron chi connectivity index (χ3n) is 5.57. The molecule has 6 nitrogen and oxygen atoms in total. The monoisotopic (exact) mass is 424 g/mol. The summed E-state index contributed by atoms with van der Waals surface area (Å²) in [6, 6.07) is 11.5. The molecular formula is C23H28N4O2S. The van der Waals surface area contributed by atoms with Crippen molar-refractivity contribution >= 4 is 29.3 Å². The van der Waals surface area contributed by atoms with Gasteiger partial charge in [-0.15, -0.1) is 0 Å². The number of pyridine rings is 1. The van der Waals surface area contributed by atoms with Gasteiger partial charge in [0.15, 0.2) is 0 Å². The van der Waals surface area contributed by atoms with Crippen LogP contribution in [0, 0.1) is 0 Å². The second-order valence-corrected chi connectivity index (χ2v) is 8.77. The van der Waals surface area contributed by atoms with E-state index in [9.17, 15) is 9.59 Å². The van der Waals surface area contributed by atoms with Gasteiger partial charge in [-0.3, -0.25) is 9.59 Å². The number of likely N-dealkylation sites (tertiary alicyclic amines) is 1. The van der Waals surface area contributed by atoms with E-state index in [1.165, 1.54) is 37.7 Å². The number of amides is 2. The summed E-state index contributed by atoms with van der Waals surface area (Å²) in [5.74, 6) is 0.00462. The first-order chi connectivity index (χ1) is 14.7. The lowest BCUT2D eigenvalue weighted by molar-refractivity contribution is -0.121. The van der Waals surface area contributed by atoms with Crippen LogP contribution >= 0.6 is 11.8 Å². The fourth-order valence-corrected chi connectivity index (χ4v) is 5.02. The smallest absolute Gasteiger partial charge is 0.261 e. The lowest BCUT2D eigenvalue weighted by Crippen LogP contribution is -2.33. The minimum Gasteiger partial charge on any atom is -0.356 e. The molecule has 0 radical (unpaired) electrons. The van der Waals surface area contributed by atoms with Crippen molar-refractivity contribution in [3.63, 3.8) is 0 Å². The molecule has 1 aromatic carbocycles. The van der Waals surface area contributed by atoms with Crippen LogP contribution in [0.15, 0.2) is 52.5 Å². The minimum absolute atomic E-state index is 0.0541. The Bertz CT molecular complexity index is 898. The molecule has 0 atom stereocenters. The summed E-state index contributed by atoms with van der Waals surface area (Å²) < 4.78 is 0. The van der Waals surface area contributed by atoms with Crippen molar-refractivity contribution in [2.24, 2.45) is 0 Å². The summed E-state index contributed by atoms with van der Waals surface area (Å²) in [5, 5.41) is 3.75. The first kappa shape index (κ1) is 20.9. The lowest BCUT2D eigenvalue weighted by atomic mass is 10.2. The van der Waals surface area contributed by atoms with Crippen LogP contribution in [0.3, 0.4) is 0 Å². The van der Waals surface area contributed by atoms with E-state index in [0.717, 1.165) is 35.1 Å². The number of hydrogen-bond acceptors (Lipinski definition) is 5. The van der Waals surface area contributed by atoms with E-state index >= 15 is 0 Å². The molecule has 158 valence electrons. The number of anilines is 1. The molecule has 7 heteroatoms. The molecule has 4 rings (SSSR count). The van der Waals surface area contributed by atoms with Crippen molar-refractivity contribution < 1.29 is 9.59 Å². The van der Waals surface area contributed by atoms with Gasteiger partial charge in [0, 0.05) is 30.6 Å². The van der Waals surface area contributed by atoms with Gasteiger partial charge in [0.25, 0.3) is 5.91 Å². The van der Waals surface area contributed by atoms with Crippen LogP contribution in [-0.4, -0.2) is 54.4 Å². The number of hydrogen-bond donors (Lipinski definition) is 1. The van der Waals surface area contributed by atoms with Crippen LogP contribution < -0.4 is 10.2 Å². The van der Waals surface area contributed by atoms with E-state index in [1.54, 1.807) is 17.2 Å². The molecule has 1 fully saturated rings. The average molecular weight is 425 g/mol. The van der Waals surface area contributed by atoms with Crippen LogP contribution in [0.5, 0.6) is 0 Å². The van der Waals surface area contributed by atoms with E-state index in [4.69, 9.17) is 0 Å². The van der Waals surface area contributed by atoms with Gasteiger partial charge in [0.2, 0.25) is 5.91 Å². The topological polar surface area (TPSA) is 65.5 Å². The molecule has 2 aromatic rings. The van der Waals surface area contributed by atoms with E-state index in [0.29, 0.717) is 24.9 Å². The van der Waals surface area contributed by atoms with Crippen LogP contribution in [0.4, 0.5) is 5.69 Å². The van der Waals surface area contributed by atoms with Crippen molar-refractivity contribution in [1.82, 2.24) is 15.2 Å². The predicted octanol–water partition coefficient (Wildman–Crippen LogP) is 3.58. The van der Waals surface area contributed by atoms with Gasteiger partial charge < -0.3 is 15.1 Å². The molecule has 1 N–H and O–H groups in total. The molecule has 1 aromatic heterocycles. The maximum Gasteiger partial charge on any atom is 0.261 e. The number of carbonyl (C=O) groups is 2. The van der Waals surface area contributed by atoms with E-state index in [1.807, 2.05) is 30.3 Å². The summed E-state index contributed by atoms with van der Waals surface area (Å²) in [6.07, 6.45) is 6.34. The van der Waals surface area contributed by atoms with Gasteiger partial charge in [-0.25, -0.2) is 4.98 Å². The maximum atomic E-state index is 13.2. The Morgan fingerprint density at radius 3 is 2.77 bits per heavy atom. The molecule has 0 aliphatic carbocycles. The second-order valence-electron chi connectivity index (χ2n) is 7.74. The number of benzene rings is 1. The number of nitrogens with one attached hydrogen (secondary N) is 1. The Morgan fingerprint density at radius 2 is 1.90 bits per heavy atom. The molecule has 0 spiro atoms. The van der Waals surface area contributed by atoms with Crippen LogP contribution in [0.2, 0.25) is 0 Å². The molecule has 0 unspecified atom stereocenters. The van der Waals surface area contributed by atoms with Crippen molar-refractivity contribution in [1.29, 1.82) is 0 Å². The normalized spacial score (nSPS) is 16.1. The fourth-order valence-electron chi connectivity index (χ4n) is 4.01. The van der Waals surface area contributed by atoms with Gasteiger partial charge in [0.1, 0.15) is 5.03 Å². The predicted molar refractivity (Wildman–Crippen MR) is 119 cm³/mol. The highest BCUT2D eigenvalue weighted by molar-refractivity contribution is 7.99. The zero-order valence-corrected chi connectivity index (χ0v) is 18.0. The van der Waals surface area contributed by atoms with Crippen molar-refractivity contribution in [2.45, 2.75) is 42.0 Å². The lowest BCUT2D eigenvalue weighted by Gasteiger charge is -2.22. The number of rotatable bonds is 8. The molecular weight excluding hydrogens is 396 g/mol. The number of aromatic nitrogens is 1. The number of para-hydroxylation sites is 1. The Morgan fingerprint density at radius 1 is 1.07 bits per heavy atom. The third kappa shape index (κ3) is 5.02. The Labute approximate surface area is 182 Å². The van der Waals surface area contributed by atoms with E-state index in [-0.39, 0.29) is 11.8 Å². The summed E-state index contributed by atoms with van der Waals surface area (Å²) in [4.78, 5) is 35.1. The second kappa shape index (κ2) is 10.1. The molecule has 0 saturated carbocycles. The zero-order chi connectivity index (χ0) is 20.8. The Balaban J connectivity index is 1.31. The number of fused-ring (bicyclic) bond motifs is 2. The van der Waals surface area contributed by atoms with Crippen molar-refractivity contribution in [3.8, 4) is 0 Å². The first-order valence-electron chi connectivity index (χ1n) is 10.8. The third-order valence-corrected chi connectivity index (χ3v) is 6.65. The summed E-state index contributed by atoms with van der Waals surface area (Å²) in [7, 11) is 0. The Hall–Kier alpha value is -2.38. The standard InChI is InChI=1S/C23H28N4O2S/c28-21(24-13-7-16-26-14-3-4-15-26)11-6-17-27-19-9-1-2-10-20(19)30-22-18(23(27)29)8-5-12-25-22/h1-2,5,8-10,12H,3-4,6-7,11,13-17H2,(H,24,28). The molecule has 2 aliphatic rings. The van der Waals surface area contributed by atoms with E-state index < -0.39 is 0 Å². The molecule has 2 aliphatic heterocycles. The van der Waals surface area contributed by atoms with Crippen molar-refractivity contribution in [3.05, 3.63) is 48.2 Å².